The number of Topliss-reactive ketones (excluding diaryl/α,β-unsaturated/α-hetero) is 1. The summed E-state index contributed by atoms with van der Waals surface area (Å²) in [5.41, 5.74) is -2.03. The number of methoxy groups -OCH3 is 1. The predicted molar refractivity (Wildman–Crippen MR) is 251 cm³/mol. The van der Waals surface area contributed by atoms with Gasteiger partial charge in [0.15, 0.2) is 12.1 Å². The minimum atomic E-state index is -1.81. The number of esters is 1. The van der Waals surface area contributed by atoms with Crippen LogP contribution in [0.25, 0.3) is 0 Å². The second-order valence-corrected chi connectivity index (χ2v) is 21.2. The molecule has 17 heteroatoms. The van der Waals surface area contributed by atoms with Crippen molar-refractivity contribution in [1.29, 1.82) is 0 Å². The van der Waals surface area contributed by atoms with Crippen LogP contribution in [0.4, 0.5) is 0 Å². The van der Waals surface area contributed by atoms with Crippen molar-refractivity contribution in [3.05, 3.63) is 47.3 Å². The highest BCUT2D eigenvalue weighted by molar-refractivity contribution is 5.94. The molecule has 3 saturated heterocycles. The number of aliphatic hydroxyl groups excluding tert-OH is 3. The second-order valence-electron chi connectivity index (χ2n) is 21.2. The average Bonchev–Trinajstić information content (AvgIpc) is 3.72. The smallest absolute Gasteiger partial charge is 0.309 e. The quantitative estimate of drug-likeness (QED) is 0.152. The number of carbonyl (C=O) groups is 2. The summed E-state index contributed by atoms with van der Waals surface area (Å²) in [7, 11) is 5.32. The zero-order valence-electron chi connectivity index (χ0n) is 42.5. The van der Waals surface area contributed by atoms with E-state index in [4.69, 9.17) is 23.7 Å². The first-order valence-electron chi connectivity index (χ1n) is 24.3. The van der Waals surface area contributed by atoms with Crippen LogP contribution in [-0.4, -0.2) is 180 Å². The van der Waals surface area contributed by atoms with Gasteiger partial charge >= 0.3 is 5.97 Å². The monoisotopic (exact) mass is 946 g/mol. The Bertz CT molecular complexity index is 1910. The van der Waals surface area contributed by atoms with E-state index in [2.05, 4.69) is 15.2 Å². The molecule has 0 bridgehead atoms. The number of rotatable bonds is 12. The Hall–Kier alpha value is -2.94. The fourth-order valence-electron chi connectivity index (χ4n) is 11.2. The van der Waals surface area contributed by atoms with Gasteiger partial charge < -0.3 is 59.0 Å². The number of hydrogen-bond donors (Lipinski definition) is 5. The van der Waals surface area contributed by atoms with Crippen LogP contribution in [0.15, 0.2) is 30.5 Å². The summed E-state index contributed by atoms with van der Waals surface area (Å²) < 4.78 is 33.9. The highest BCUT2D eigenvalue weighted by atomic mass is 16.7. The van der Waals surface area contributed by atoms with E-state index in [1.165, 1.54) is 21.0 Å². The largest absolute Gasteiger partial charge is 0.459 e. The first-order chi connectivity index (χ1) is 31.2. The van der Waals surface area contributed by atoms with Gasteiger partial charge in [-0.25, -0.2) is 4.68 Å². The van der Waals surface area contributed by atoms with Crippen LogP contribution >= 0.6 is 0 Å². The summed E-state index contributed by atoms with van der Waals surface area (Å²) in [6, 6.07) is 6.46. The highest BCUT2D eigenvalue weighted by Gasteiger charge is 2.55. The van der Waals surface area contributed by atoms with Crippen LogP contribution in [-0.2, 0) is 41.4 Å². The summed E-state index contributed by atoms with van der Waals surface area (Å²) in [5, 5.41) is 68.7. The van der Waals surface area contributed by atoms with Crippen molar-refractivity contribution in [1.82, 2.24) is 24.8 Å². The van der Waals surface area contributed by atoms with Crippen molar-refractivity contribution >= 4 is 11.8 Å². The van der Waals surface area contributed by atoms with Gasteiger partial charge in [-0.2, -0.15) is 0 Å². The van der Waals surface area contributed by atoms with Gasteiger partial charge in [0.2, 0.25) is 0 Å². The molecule has 3 fully saturated rings. The molecule has 380 valence electrons. The van der Waals surface area contributed by atoms with Gasteiger partial charge in [-0.15, -0.1) is 5.10 Å². The predicted octanol–water partition coefficient (Wildman–Crippen LogP) is 3.63. The summed E-state index contributed by atoms with van der Waals surface area (Å²) in [6.07, 6.45) is -4.87. The van der Waals surface area contributed by atoms with Gasteiger partial charge in [0.1, 0.15) is 30.0 Å². The maximum Gasteiger partial charge on any atom is 0.309 e. The molecule has 0 saturated carbocycles. The topological polar surface area (TPSA) is 219 Å². The Morgan fingerprint density at radius 3 is 2.25 bits per heavy atom. The summed E-state index contributed by atoms with van der Waals surface area (Å²) in [4.78, 5) is 30.3. The molecule has 0 radical (unpaired) electrons. The van der Waals surface area contributed by atoms with E-state index in [0.29, 0.717) is 38.0 Å². The van der Waals surface area contributed by atoms with Gasteiger partial charge in [0.05, 0.1) is 53.8 Å². The SMILES string of the molecule is CC[C@H]1OC(=O)[C@H](C)[C@@H](C2C[C@@](C)(OC)[C@@H](O)[C@H](C)O2)[C@H](C)[C@@H](O[C@@H]2O[C@H](C)C[C@H](N(C)CCc3cn(Cc4ccc(C(C)=O)cc4)nn3)[C@H]2O)[C@](C)(O)C[C@@H](C)CN(C)[C@H](C)[C@@H](O)[C@]1(C)O. The Kier molecular flexibility index (Phi) is 18.4. The number of aromatic nitrogens is 3. The van der Waals surface area contributed by atoms with E-state index in [-0.39, 0.29) is 37.1 Å². The van der Waals surface area contributed by atoms with Gasteiger partial charge in [0.25, 0.3) is 0 Å². The van der Waals surface area contributed by atoms with Gasteiger partial charge in [0, 0.05) is 62.8 Å². The summed E-state index contributed by atoms with van der Waals surface area (Å²) in [5.74, 6) is -3.12. The van der Waals surface area contributed by atoms with Crippen LogP contribution in [0.2, 0.25) is 0 Å². The van der Waals surface area contributed by atoms with Crippen molar-refractivity contribution in [3.63, 3.8) is 0 Å². The van der Waals surface area contributed by atoms with Crippen molar-refractivity contribution in [3.8, 4) is 0 Å². The second kappa shape index (κ2) is 22.4. The van der Waals surface area contributed by atoms with E-state index in [9.17, 15) is 35.1 Å². The lowest BCUT2D eigenvalue weighted by Gasteiger charge is -2.51. The highest BCUT2D eigenvalue weighted by Crippen LogP contribution is 2.45. The molecule has 1 aromatic carbocycles. The molecule has 4 heterocycles. The Morgan fingerprint density at radius 1 is 0.985 bits per heavy atom. The van der Waals surface area contributed by atoms with E-state index < -0.39 is 102 Å². The van der Waals surface area contributed by atoms with Crippen LogP contribution in [0.5, 0.6) is 0 Å². The first kappa shape index (κ1) is 55.0. The molecule has 2 aromatic rings. The molecular weight excluding hydrogens is 863 g/mol. The fraction of sp³-hybridized carbons (Fsp3) is 0.800. The number of benzene rings is 1. The van der Waals surface area contributed by atoms with Crippen molar-refractivity contribution in [2.75, 3.05) is 34.3 Å². The Balaban J connectivity index is 1.46. The molecule has 3 aliphatic heterocycles. The van der Waals surface area contributed by atoms with E-state index >= 15 is 0 Å². The number of ether oxygens (including phenoxy) is 5. The van der Waals surface area contributed by atoms with E-state index in [1.54, 1.807) is 44.5 Å². The van der Waals surface area contributed by atoms with Gasteiger partial charge in [-0.05, 0) is 99.2 Å². The molecule has 5 N–H and O–H groups in total. The average molecular weight is 946 g/mol. The molecule has 0 amide bonds. The normalized spacial score (nSPS) is 41.1. The third-order valence-electron chi connectivity index (χ3n) is 15.5. The molecule has 18 atom stereocenters. The molecule has 1 aromatic heterocycles. The molecular formula is C50H83N5O12. The summed E-state index contributed by atoms with van der Waals surface area (Å²) >= 11 is 0. The Labute approximate surface area is 398 Å². The first-order valence-corrected chi connectivity index (χ1v) is 24.3. The number of carbonyl (C=O) groups excluding carboxylic acids is 2. The third-order valence-corrected chi connectivity index (χ3v) is 15.5. The number of likely N-dealkylation sites (N-methyl/N-ethyl adjacent to an activating group) is 2. The molecule has 0 spiro atoms. The lowest BCUT2D eigenvalue weighted by Crippen LogP contribution is -2.62. The van der Waals surface area contributed by atoms with E-state index in [0.717, 1.165) is 11.3 Å². The number of hydrogen-bond acceptors (Lipinski definition) is 16. The van der Waals surface area contributed by atoms with Gasteiger partial charge in [-0.1, -0.05) is 57.2 Å². The molecule has 17 nitrogen and oxygen atoms in total. The molecule has 67 heavy (non-hydrogen) atoms. The minimum absolute atomic E-state index is 0.0101. The fourth-order valence-corrected chi connectivity index (χ4v) is 11.2. The minimum Gasteiger partial charge on any atom is -0.459 e. The van der Waals surface area contributed by atoms with Crippen molar-refractivity contribution in [2.45, 2.75) is 199 Å². The zero-order valence-corrected chi connectivity index (χ0v) is 42.5. The van der Waals surface area contributed by atoms with E-state index in [1.807, 2.05) is 71.9 Å². The molecule has 5 rings (SSSR count). The number of cyclic esters (lactones) is 1. The van der Waals surface area contributed by atoms with Crippen molar-refractivity contribution in [2.24, 2.45) is 23.7 Å². The number of ketones is 1. The number of aliphatic hydroxyl groups is 5. The third kappa shape index (κ3) is 12.7. The van der Waals surface area contributed by atoms with Crippen LogP contribution in [0.1, 0.15) is 123 Å². The van der Waals surface area contributed by atoms with Crippen LogP contribution in [0.3, 0.4) is 0 Å². The van der Waals surface area contributed by atoms with Gasteiger partial charge in [-0.3, -0.25) is 9.59 Å². The standard InChI is InChI=1S/C50H83N5O12/c1-15-40-50(11,62)43(58)32(6)54(13)25-28(2)23-48(9,61)45(30(4)41(31(5)46(60)66-40)39-24-49(10,63-14)44(59)34(8)65-39)67-47-42(57)38(22-29(3)64-47)53(12)21-20-37-27-55(52-51-37)26-35-16-18-36(19-17-35)33(7)56/h16-19,27-32,34,38-45,47,57-59,61-62H,15,20-26H2,1-14H3/t28-,29-,30+,31-,32-,34+,38+,39?,40-,41+,42-,43-,44+,45-,47+,48-,49-,50-/m1/s1. The lowest BCUT2D eigenvalue weighted by atomic mass is 9.68. The lowest BCUT2D eigenvalue weighted by molar-refractivity contribution is -0.302. The number of nitrogens with zero attached hydrogens (tertiary/aromatic N) is 5. The van der Waals surface area contributed by atoms with Crippen molar-refractivity contribution < 1.29 is 58.8 Å². The maximum absolute atomic E-state index is 14.6. The maximum atomic E-state index is 14.6. The summed E-state index contributed by atoms with van der Waals surface area (Å²) in [6.45, 7) is 21.0. The Morgan fingerprint density at radius 2 is 1.64 bits per heavy atom. The van der Waals surface area contributed by atoms with Crippen LogP contribution < -0.4 is 0 Å². The molecule has 0 aliphatic carbocycles. The van der Waals surface area contributed by atoms with Crippen LogP contribution in [0, 0.1) is 23.7 Å². The molecule has 1 unspecified atom stereocenters. The zero-order chi connectivity index (χ0) is 49.9. The molecule has 3 aliphatic rings.